The van der Waals surface area contributed by atoms with Crippen molar-refractivity contribution in [3.63, 3.8) is 0 Å². The van der Waals surface area contributed by atoms with E-state index in [-0.39, 0.29) is 0 Å². The van der Waals surface area contributed by atoms with Gasteiger partial charge in [-0.15, -0.1) is 11.3 Å². The van der Waals surface area contributed by atoms with Gasteiger partial charge in [-0.05, 0) is 12.1 Å². The van der Waals surface area contributed by atoms with Crippen LogP contribution in [0.25, 0.3) is 10.2 Å². The molecule has 0 aliphatic rings. The summed E-state index contributed by atoms with van der Waals surface area (Å²) < 4.78 is 1.21. The standard InChI is InChI=1S/C13H12N4S/c1-14-13-10(15-6-7-16-13)8-12-17-9-4-2-3-5-11(9)18-12/h2-7H,8H2,1H3,(H,14,16). The minimum Gasteiger partial charge on any atom is -0.372 e. The second kappa shape index (κ2) is 4.70. The topological polar surface area (TPSA) is 50.7 Å². The van der Waals surface area contributed by atoms with Crippen LogP contribution in [-0.4, -0.2) is 22.0 Å². The van der Waals surface area contributed by atoms with Crippen molar-refractivity contribution in [2.24, 2.45) is 0 Å². The Balaban J connectivity index is 1.96. The summed E-state index contributed by atoms with van der Waals surface area (Å²) in [6, 6.07) is 8.16. The zero-order valence-electron chi connectivity index (χ0n) is 9.92. The number of hydrogen-bond donors (Lipinski definition) is 1. The number of para-hydroxylation sites is 1. The normalized spacial score (nSPS) is 10.7. The van der Waals surface area contributed by atoms with Gasteiger partial charge in [0.05, 0.1) is 20.9 Å². The van der Waals surface area contributed by atoms with E-state index in [9.17, 15) is 0 Å². The molecule has 3 aromatic rings. The molecular weight excluding hydrogens is 244 g/mol. The summed E-state index contributed by atoms with van der Waals surface area (Å²) in [7, 11) is 1.85. The molecule has 0 aliphatic heterocycles. The Kier molecular flexibility index (Phi) is 2.90. The van der Waals surface area contributed by atoms with Gasteiger partial charge in [-0.3, -0.25) is 4.98 Å². The molecule has 0 atom stereocenters. The molecule has 5 heteroatoms. The average molecular weight is 256 g/mol. The van der Waals surface area contributed by atoms with Gasteiger partial charge in [-0.2, -0.15) is 0 Å². The fraction of sp³-hybridized carbons (Fsp3) is 0.154. The Morgan fingerprint density at radius 3 is 2.83 bits per heavy atom. The lowest BCUT2D eigenvalue weighted by Gasteiger charge is -2.03. The molecule has 1 N–H and O–H groups in total. The Morgan fingerprint density at radius 2 is 2.00 bits per heavy atom. The average Bonchev–Trinajstić information content (AvgIpc) is 2.81. The van der Waals surface area contributed by atoms with Crippen LogP contribution in [0.2, 0.25) is 0 Å². The van der Waals surface area contributed by atoms with Gasteiger partial charge >= 0.3 is 0 Å². The van der Waals surface area contributed by atoms with E-state index in [1.165, 1.54) is 4.70 Å². The van der Waals surface area contributed by atoms with Gasteiger partial charge in [0.15, 0.2) is 0 Å². The van der Waals surface area contributed by atoms with Gasteiger partial charge in [0.2, 0.25) is 0 Å². The summed E-state index contributed by atoms with van der Waals surface area (Å²) in [5.74, 6) is 0.816. The van der Waals surface area contributed by atoms with Crippen molar-refractivity contribution in [3.8, 4) is 0 Å². The molecule has 1 aromatic carbocycles. The maximum atomic E-state index is 4.61. The summed E-state index contributed by atoms with van der Waals surface area (Å²) in [6.07, 6.45) is 4.11. The minimum atomic E-state index is 0.712. The Bertz CT molecular complexity index is 644. The Labute approximate surface area is 109 Å². The highest BCUT2D eigenvalue weighted by atomic mass is 32.1. The van der Waals surface area contributed by atoms with E-state index < -0.39 is 0 Å². The minimum absolute atomic E-state index is 0.712. The van der Waals surface area contributed by atoms with Crippen molar-refractivity contribution in [1.82, 2.24) is 15.0 Å². The van der Waals surface area contributed by atoms with Gasteiger partial charge in [-0.25, -0.2) is 9.97 Å². The zero-order valence-corrected chi connectivity index (χ0v) is 10.7. The van der Waals surface area contributed by atoms with Crippen LogP contribution >= 0.6 is 11.3 Å². The van der Waals surface area contributed by atoms with Crippen LogP contribution in [0.1, 0.15) is 10.7 Å². The highest BCUT2D eigenvalue weighted by Gasteiger charge is 2.08. The quantitative estimate of drug-likeness (QED) is 0.783. The van der Waals surface area contributed by atoms with Crippen molar-refractivity contribution >= 4 is 27.4 Å². The van der Waals surface area contributed by atoms with Crippen molar-refractivity contribution in [2.75, 3.05) is 12.4 Å². The fourth-order valence-electron chi connectivity index (χ4n) is 1.84. The van der Waals surface area contributed by atoms with E-state index in [1.54, 1.807) is 23.7 Å². The third-order valence-corrected chi connectivity index (χ3v) is 3.70. The maximum absolute atomic E-state index is 4.61. The highest BCUT2D eigenvalue weighted by Crippen LogP contribution is 2.24. The predicted molar refractivity (Wildman–Crippen MR) is 74.0 cm³/mol. The number of aromatic nitrogens is 3. The number of thiazole rings is 1. The van der Waals surface area contributed by atoms with Crippen LogP contribution in [-0.2, 0) is 6.42 Å². The molecule has 0 fully saturated rings. The Morgan fingerprint density at radius 1 is 1.17 bits per heavy atom. The van der Waals surface area contributed by atoms with Crippen LogP contribution < -0.4 is 5.32 Å². The molecule has 0 bridgehead atoms. The number of hydrogen-bond acceptors (Lipinski definition) is 5. The first-order valence-corrected chi connectivity index (χ1v) is 6.50. The summed E-state index contributed by atoms with van der Waals surface area (Å²) in [4.78, 5) is 13.2. The van der Waals surface area contributed by atoms with Crippen LogP contribution in [0.15, 0.2) is 36.7 Å². The second-order valence-corrected chi connectivity index (χ2v) is 4.97. The molecule has 2 heterocycles. The largest absolute Gasteiger partial charge is 0.372 e. The number of anilines is 1. The number of benzene rings is 1. The van der Waals surface area contributed by atoms with Gasteiger partial charge in [0.25, 0.3) is 0 Å². The molecule has 3 rings (SSSR count). The van der Waals surface area contributed by atoms with Crippen LogP contribution in [0, 0.1) is 0 Å². The molecular formula is C13H12N4S. The van der Waals surface area contributed by atoms with E-state index in [0.717, 1.165) is 22.0 Å². The van der Waals surface area contributed by atoms with Crippen molar-refractivity contribution in [1.29, 1.82) is 0 Å². The number of rotatable bonds is 3. The number of fused-ring (bicyclic) bond motifs is 1. The third-order valence-electron chi connectivity index (χ3n) is 2.67. The lowest BCUT2D eigenvalue weighted by Crippen LogP contribution is -2.01. The number of nitrogens with zero attached hydrogens (tertiary/aromatic N) is 3. The third kappa shape index (κ3) is 2.04. The van der Waals surface area contributed by atoms with E-state index >= 15 is 0 Å². The van der Waals surface area contributed by atoms with Crippen LogP contribution in [0.4, 0.5) is 5.82 Å². The van der Waals surface area contributed by atoms with Crippen molar-refractivity contribution in [3.05, 3.63) is 47.4 Å². The molecule has 0 saturated carbocycles. The summed E-state index contributed by atoms with van der Waals surface area (Å²) in [5, 5.41) is 4.12. The summed E-state index contributed by atoms with van der Waals surface area (Å²) >= 11 is 1.70. The van der Waals surface area contributed by atoms with Gasteiger partial charge in [0, 0.05) is 25.9 Å². The fourth-order valence-corrected chi connectivity index (χ4v) is 2.82. The number of nitrogens with one attached hydrogen (secondary N) is 1. The molecule has 0 amide bonds. The molecule has 4 nitrogen and oxygen atoms in total. The highest BCUT2D eigenvalue weighted by molar-refractivity contribution is 7.18. The Hall–Kier alpha value is -2.01. The van der Waals surface area contributed by atoms with E-state index in [1.807, 2.05) is 25.2 Å². The lowest BCUT2D eigenvalue weighted by molar-refractivity contribution is 1.02. The van der Waals surface area contributed by atoms with E-state index in [2.05, 4.69) is 26.3 Å². The van der Waals surface area contributed by atoms with Crippen LogP contribution in [0.3, 0.4) is 0 Å². The predicted octanol–water partition coefficient (Wildman–Crippen LogP) is 2.72. The lowest BCUT2D eigenvalue weighted by atomic mass is 10.3. The van der Waals surface area contributed by atoms with Gasteiger partial charge in [0.1, 0.15) is 5.82 Å². The smallest absolute Gasteiger partial charge is 0.147 e. The van der Waals surface area contributed by atoms with Crippen molar-refractivity contribution in [2.45, 2.75) is 6.42 Å². The first-order valence-electron chi connectivity index (χ1n) is 5.69. The van der Waals surface area contributed by atoms with E-state index in [4.69, 9.17) is 0 Å². The molecule has 0 spiro atoms. The zero-order chi connectivity index (χ0) is 12.4. The van der Waals surface area contributed by atoms with Crippen LogP contribution in [0.5, 0.6) is 0 Å². The summed E-state index contributed by atoms with van der Waals surface area (Å²) in [6.45, 7) is 0. The first kappa shape index (κ1) is 11.1. The molecule has 0 radical (unpaired) electrons. The maximum Gasteiger partial charge on any atom is 0.147 e. The second-order valence-electron chi connectivity index (χ2n) is 3.85. The first-order chi connectivity index (χ1) is 8.86. The molecule has 18 heavy (non-hydrogen) atoms. The van der Waals surface area contributed by atoms with Crippen molar-refractivity contribution < 1.29 is 0 Å². The molecule has 0 saturated heterocycles. The molecule has 2 aromatic heterocycles. The SMILES string of the molecule is CNc1nccnc1Cc1nc2ccccc2s1. The van der Waals surface area contributed by atoms with E-state index in [0.29, 0.717) is 6.42 Å². The molecule has 0 unspecified atom stereocenters. The molecule has 90 valence electrons. The van der Waals surface area contributed by atoms with Gasteiger partial charge in [-0.1, -0.05) is 12.1 Å². The molecule has 0 aliphatic carbocycles. The summed E-state index contributed by atoms with van der Waals surface area (Å²) in [5.41, 5.74) is 1.98. The van der Waals surface area contributed by atoms with Gasteiger partial charge < -0.3 is 5.32 Å². The monoisotopic (exact) mass is 256 g/mol.